The van der Waals surface area contributed by atoms with Crippen molar-refractivity contribution in [1.29, 1.82) is 0 Å². The lowest BCUT2D eigenvalue weighted by atomic mass is 10.1. The van der Waals surface area contributed by atoms with Crippen molar-refractivity contribution >= 4 is 17.9 Å². The maximum atomic E-state index is 12.7. The third-order valence-electron chi connectivity index (χ3n) is 9.39. The summed E-state index contributed by atoms with van der Waals surface area (Å²) in [4.78, 5) is 37.1. The topological polar surface area (TPSA) is 99.1 Å². The molecule has 0 fully saturated rings. The molecule has 1 N–H and O–H groups in total. The number of quaternary nitrogens is 1. The predicted octanol–water partition coefficient (Wildman–Crippen LogP) is 13.2. The number of aliphatic carboxylic acids is 1. The van der Waals surface area contributed by atoms with E-state index in [0.29, 0.717) is 19.3 Å². The fourth-order valence-corrected chi connectivity index (χ4v) is 5.84. The molecule has 8 nitrogen and oxygen atoms in total. The number of rotatable bonds is 39. The lowest BCUT2D eigenvalue weighted by molar-refractivity contribution is -0.887. The smallest absolute Gasteiger partial charge is 0.362 e. The normalized spacial score (nSPS) is 14.1. The molecule has 0 aromatic carbocycles. The summed E-state index contributed by atoms with van der Waals surface area (Å²) in [6.45, 7) is 4.41. The average molecular weight is 859 g/mol. The summed E-state index contributed by atoms with van der Waals surface area (Å²) in [7, 11) is 5.48. The maximum absolute atomic E-state index is 12.7. The summed E-state index contributed by atoms with van der Waals surface area (Å²) < 4.78 is 17.2. The van der Waals surface area contributed by atoms with E-state index < -0.39 is 18.1 Å². The Labute approximate surface area is 377 Å². The van der Waals surface area contributed by atoms with Crippen LogP contribution in [0.3, 0.4) is 0 Å². The van der Waals surface area contributed by atoms with E-state index in [2.05, 4.69) is 111 Å². The van der Waals surface area contributed by atoms with Gasteiger partial charge in [-0.25, -0.2) is 4.79 Å². The molecule has 0 aliphatic heterocycles. The van der Waals surface area contributed by atoms with Gasteiger partial charge in [0.05, 0.1) is 34.4 Å². The van der Waals surface area contributed by atoms with E-state index in [0.717, 1.165) is 89.9 Å². The Morgan fingerprint density at radius 2 is 0.984 bits per heavy atom. The summed E-state index contributed by atoms with van der Waals surface area (Å²) >= 11 is 0. The highest BCUT2D eigenvalue weighted by molar-refractivity contribution is 5.72. The van der Waals surface area contributed by atoms with E-state index in [-0.39, 0.29) is 42.7 Å². The van der Waals surface area contributed by atoms with Gasteiger partial charge < -0.3 is 23.8 Å². The highest BCUT2D eigenvalue weighted by Gasteiger charge is 2.31. The van der Waals surface area contributed by atoms with E-state index >= 15 is 0 Å². The molecular formula is C54H84NO7+. The summed E-state index contributed by atoms with van der Waals surface area (Å²) in [5, 5.41) is 9.64. The van der Waals surface area contributed by atoms with Crippen molar-refractivity contribution in [2.24, 2.45) is 0 Å². The zero-order valence-corrected chi connectivity index (χ0v) is 39.3. The summed E-state index contributed by atoms with van der Waals surface area (Å²) in [5.41, 5.74) is 0. The van der Waals surface area contributed by atoms with Crippen molar-refractivity contribution in [2.75, 3.05) is 41.0 Å². The minimum Gasteiger partial charge on any atom is -0.477 e. The first-order valence-electron chi connectivity index (χ1n) is 23.3. The van der Waals surface area contributed by atoms with E-state index in [1.807, 2.05) is 57.6 Å². The van der Waals surface area contributed by atoms with Crippen molar-refractivity contribution in [3.05, 3.63) is 134 Å². The molecule has 0 aromatic rings. The Balaban J connectivity index is 4.52. The quantitative estimate of drug-likeness (QED) is 0.0216. The van der Waals surface area contributed by atoms with Gasteiger partial charge in [-0.05, 0) is 77.0 Å². The molecule has 0 bridgehead atoms. The monoisotopic (exact) mass is 859 g/mol. The van der Waals surface area contributed by atoms with Gasteiger partial charge in [-0.1, -0.05) is 173 Å². The number of esters is 2. The molecule has 0 aromatic heterocycles. The lowest BCUT2D eigenvalue weighted by Gasteiger charge is -2.31. The molecule has 0 heterocycles. The Morgan fingerprint density at radius 3 is 1.52 bits per heavy atom. The van der Waals surface area contributed by atoms with Crippen molar-refractivity contribution in [1.82, 2.24) is 0 Å². The number of unbranched alkanes of at least 4 members (excludes halogenated alkanes) is 7. The molecule has 0 aliphatic rings. The number of allylic oxidation sites excluding steroid dienone is 22. The summed E-state index contributed by atoms with van der Waals surface area (Å²) in [6.07, 6.45) is 62.1. The van der Waals surface area contributed by atoms with Gasteiger partial charge in [0.2, 0.25) is 0 Å². The average Bonchev–Trinajstić information content (AvgIpc) is 3.23. The molecule has 0 spiro atoms. The number of carboxylic acid groups (broad SMARTS) is 1. The van der Waals surface area contributed by atoms with Gasteiger partial charge in [0.25, 0.3) is 0 Å². The predicted molar refractivity (Wildman–Crippen MR) is 261 cm³/mol. The van der Waals surface area contributed by atoms with Crippen LogP contribution in [0.5, 0.6) is 0 Å². The fourth-order valence-electron chi connectivity index (χ4n) is 5.84. The highest BCUT2D eigenvalue weighted by Crippen LogP contribution is 2.12. The molecule has 0 rings (SSSR count). The number of ether oxygens (including phenoxy) is 3. The second-order valence-corrected chi connectivity index (χ2v) is 16.0. The van der Waals surface area contributed by atoms with Crippen molar-refractivity contribution in [2.45, 2.75) is 148 Å². The molecule has 2 atom stereocenters. The molecule has 0 aliphatic carbocycles. The van der Waals surface area contributed by atoms with Crippen molar-refractivity contribution in [3.8, 4) is 0 Å². The SMILES string of the molecule is CC/C=C/C/C=C/C/C=C/C/C=C/C/C=C/C/C=C/CCCC(=O)OC(COCCC(C(=O)O)[N+](C)(C)C)COC(=O)CCCCCCC/C=C/C=C/C=C/C=C/C=C/CCC. The Kier molecular flexibility index (Phi) is 40.0. The summed E-state index contributed by atoms with van der Waals surface area (Å²) in [6, 6.07) is -0.639. The fraction of sp³-hybridized carbons (Fsp3) is 0.537. The molecule has 0 saturated heterocycles. The number of carbonyl (C=O) groups excluding carboxylic acids is 2. The van der Waals surface area contributed by atoms with E-state index in [9.17, 15) is 19.5 Å². The van der Waals surface area contributed by atoms with Gasteiger partial charge in [-0.3, -0.25) is 9.59 Å². The minimum absolute atomic E-state index is 0.0188. The second kappa shape index (κ2) is 43.1. The Morgan fingerprint density at radius 1 is 0.516 bits per heavy atom. The summed E-state index contributed by atoms with van der Waals surface area (Å²) in [5.74, 6) is -1.60. The number of hydrogen-bond acceptors (Lipinski definition) is 6. The van der Waals surface area contributed by atoms with Gasteiger partial charge in [0.1, 0.15) is 6.61 Å². The molecule has 0 radical (unpaired) electrons. The van der Waals surface area contributed by atoms with Gasteiger partial charge in [-0.15, -0.1) is 0 Å². The Bertz CT molecular complexity index is 1470. The molecule has 0 amide bonds. The third-order valence-corrected chi connectivity index (χ3v) is 9.39. The largest absolute Gasteiger partial charge is 0.477 e. The zero-order valence-electron chi connectivity index (χ0n) is 39.3. The third kappa shape index (κ3) is 40.9. The first kappa shape index (κ1) is 57.5. The zero-order chi connectivity index (χ0) is 45.6. The second-order valence-electron chi connectivity index (χ2n) is 16.0. The minimum atomic E-state index is -0.895. The van der Waals surface area contributed by atoms with Crippen LogP contribution in [0.25, 0.3) is 0 Å². The van der Waals surface area contributed by atoms with E-state index in [1.54, 1.807) is 0 Å². The molecular weight excluding hydrogens is 775 g/mol. The van der Waals surface area contributed by atoms with Gasteiger partial charge >= 0.3 is 17.9 Å². The van der Waals surface area contributed by atoms with Crippen LogP contribution < -0.4 is 0 Å². The van der Waals surface area contributed by atoms with Gasteiger partial charge in [0.15, 0.2) is 12.1 Å². The number of likely N-dealkylation sites (N-methyl/N-ethyl adjacent to an activating group) is 1. The molecule has 346 valence electrons. The van der Waals surface area contributed by atoms with E-state index in [1.165, 1.54) is 6.42 Å². The first-order valence-corrected chi connectivity index (χ1v) is 23.3. The number of hydrogen-bond donors (Lipinski definition) is 1. The van der Waals surface area contributed by atoms with Crippen LogP contribution in [0.4, 0.5) is 0 Å². The first-order chi connectivity index (χ1) is 30.1. The lowest BCUT2D eigenvalue weighted by Crippen LogP contribution is -2.50. The molecule has 8 heteroatoms. The molecule has 2 unspecified atom stereocenters. The van der Waals surface area contributed by atoms with Gasteiger partial charge in [0, 0.05) is 19.3 Å². The van der Waals surface area contributed by atoms with Gasteiger partial charge in [-0.2, -0.15) is 0 Å². The van der Waals surface area contributed by atoms with Crippen LogP contribution in [-0.2, 0) is 28.6 Å². The number of carboxylic acids is 1. The molecule has 62 heavy (non-hydrogen) atoms. The van der Waals surface area contributed by atoms with Crippen LogP contribution >= 0.6 is 0 Å². The highest BCUT2D eigenvalue weighted by atomic mass is 16.6. The van der Waals surface area contributed by atoms with Crippen LogP contribution in [0.2, 0.25) is 0 Å². The standard InChI is InChI=1S/C54H83NO7/c1-6-8-10-12-14-16-18-20-22-24-26-27-29-31-33-35-37-39-41-43-45-53(57)62-50(48-60-47-46-51(54(58)59)55(3,4)5)49-61-52(56)44-42-40-38-36-34-32-30-28-25-23-21-19-17-15-13-11-9-7-2/h8,10-11,13-17,19-23,25-28,30-31,33,37,39,50-51H,6-7,9,12,18,24,29,32,34-36,38,40-49H2,1-5H3/p+1/b10-8+,13-11+,16-14+,17-15+,21-19+,22-20+,25-23+,27-26+,30-28+,33-31+,39-37+. The van der Waals surface area contributed by atoms with Crippen molar-refractivity contribution in [3.63, 3.8) is 0 Å². The maximum Gasteiger partial charge on any atom is 0.362 e. The Hall–Kier alpha value is -4.53. The van der Waals surface area contributed by atoms with Crippen LogP contribution in [0.1, 0.15) is 136 Å². The van der Waals surface area contributed by atoms with Crippen molar-refractivity contribution < 1.29 is 38.2 Å². The number of nitrogens with zero attached hydrogens (tertiary/aromatic N) is 1. The number of carbonyl (C=O) groups is 3. The van der Waals surface area contributed by atoms with Crippen LogP contribution in [-0.4, -0.2) is 80.6 Å². The van der Waals surface area contributed by atoms with Crippen LogP contribution in [0.15, 0.2) is 134 Å². The molecule has 0 saturated carbocycles. The van der Waals surface area contributed by atoms with E-state index in [4.69, 9.17) is 14.2 Å². The van der Waals surface area contributed by atoms with Crippen LogP contribution in [0, 0.1) is 0 Å².